The Hall–Kier alpha value is -2.03. The number of aliphatic imine (C=N–C) groups is 1. The number of aryl methyl sites for hydroxylation is 1. The number of carbonyl (C=O) groups is 2. The van der Waals surface area contributed by atoms with Gasteiger partial charge in [0.1, 0.15) is 5.92 Å². The number of Topliss-reactive ketones (excluding diaryl/α,β-unsaturated/α-hetero) is 2. The van der Waals surface area contributed by atoms with E-state index >= 15 is 0 Å². The number of benzene rings is 1. The molecule has 136 valence electrons. The molecule has 0 radical (unpaired) electrons. The van der Waals surface area contributed by atoms with E-state index in [2.05, 4.69) is 6.08 Å². The summed E-state index contributed by atoms with van der Waals surface area (Å²) in [6.45, 7) is 1.95. The molecule has 0 N–H and O–H groups in total. The number of hydrogen-bond acceptors (Lipinski definition) is 3. The summed E-state index contributed by atoms with van der Waals surface area (Å²) in [4.78, 5) is 30.7. The van der Waals surface area contributed by atoms with Gasteiger partial charge in [0.05, 0.1) is 11.8 Å². The molecule has 1 fully saturated rings. The van der Waals surface area contributed by atoms with Gasteiger partial charge < -0.3 is 0 Å². The number of nitrogens with zero attached hydrogens (tertiary/aromatic N) is 1. The average molecular weight is 349 g/mol. The van der Waals surface area contributed by atoms with Crippen molar-refractivity contribution in [3.05, 3.63) is 47.0 Å². The lowest BCUT2D eigenvalue weighted by Crippen LogP contribution is -2.31. The maximum atomic E-state index is 12.9. The highest BCUT2D eigenvalue weighted by molar-refractivity contribution is 6.38. The van der Waals surface area contributed by atoms with E-state index in [1.807, 2.05) is 25.1 Å². The van der Waals surface area contributed by atoms with E-state index in [-0.39, 0.29) is 17.6 Å². The summed E-state index contributed by atoms with van der Waals surface area (Å²) < 4.78 is 0. The predicted molar refractivity (Wildman–Crippen MR) is 104 cm³/mol. The SMILES string of the molecule is Cc1ccc2c(c1)C(=O)C(C1=NC3CCCCCCCCC3C=C1)C2=O. The summed E-state index contributed by atoms with van der Waals surface area (Å²) in [5.74, 6) is -0.408. The van der Waals surface area contributed by atoms with Gasteiger partial charge in [-0.2, -0.15) is 0 Å². The fraction of sp³-hybridized carbons (Fsp3) is 0.522. The number of hydrogen-bond donors (Lipinski definition) is 0. The molecule has 3 aliphatic rings. The van der Waals surface area contributed by atoms with Gasteiger partial charge >= 0.3 is 0 Å². The van der Waals surface area contributed by atoms with E-state index in [0.29, 0.717) is 22.8 Å². The van der Waals surface area contributed by atoms with Gasteiger partial charge in [0.15, 0.2) is 11.6 Å². The zero-order valence-electron chi connectivity index (χ0n) is 15.5. The van der Waals surface area contributed by atoms with E-state index in [9.17, 15) is 9.59 Å². The largest absolute Gasteiger partial charge is 0.293 e. The molecule has 1 heterocycles. The van der Waals surface area contributed by atoms with Gasteiger partial charge in [-0.05, 0) is 37.8 Å². The van der Waals surface area contributed by atoms with Crippen molar-refractivity contribution in [2.24, 2.45) is 16.8 Å². The molecule has 0 aromatic heterocycles. The van der Waals surface area contributed by atoms with E-state index in [4.69, 9.17) is 4.99 Å². The molecule has 0 saturated heterocycles. The minimum Gasteiger partial charge on any atom is -0.293 e. The monoisotopic (exact) mass is 349 g/mol. The molecular weight excluding hydrogens is 322 g/mol. The molecule has 3 nitrogen and oxygen atoms in total. The van der Waals surface area contributed by atoms with Crippen LogP contribution in [-0.2, 0) is 0 Å². The number of rotatable bonds is 1. The molecule has 1 aliphatic heterocycles. The Kier molecular flexibility index (Phi) is 4.88. The highest BCUT2D eigenvalue weighted by atomic mass is 16.2. The molecule has 1 aromatic rings. The lowest BCUT2D eigenvalue weighted by atomic mass is 9.84. The summed E-state index contributed by atoms with van der Waals surface area (Å²) in [6.07, 6.45) is 14.1. The predicted octanol–water partition coefficient (Wildman–Crippen LogP) is 5.12. The van der Waals surface area contributed by atoms with Crippen molar-refractivity contribution in [1.29, 1.82) is 0 Å². The first-order valence-electron chi connectivity index (χ1n) is 10.1. The third-order valence-corrected chi connectivity index (χ3v) is 6.14. The van der Waals surface area contributed by atoms with Crippen molar-refractivity contribution in [3.63, 3.8) is 0 Å². The van der Waals surface area contributed by atoms with Crippen molar-refractivity contribution >= 4 is 17.3 Å². The van der Waals surface area contributed by atoms with Crippen molar-refractivity contribution in [2.75, 3.05) is 0 Å². The molecular formula is C23H27NO2. The molecule has 0 spiro atoms. The van der Waals surface area contributed by atoms with E-state index < -0.39 is 5.92 Å². The number of allylic oxidation sites excluding steroid dienone is 1. The van der Waals surface area contributed by atoms with Gasteiger partial charge in [0, 0.05) is 11.1 Å². The lowest BCUT2D eigenvalue weighted by Gasteiger charge is -2.27. The summed E-state index contributed by atoms with van der Waals surface area (Å²) in [6, 6.07) is 5.78. The van der Waals surface area contributed by atoms with Crippen LogP contribution in [0.5, 0.6) is 0 Å². The Morgan fingerprint density at radius 1 is 0.885 bits per heavy atom. The van der Waals surface area contributed by atoms with Gasteiger partial charge in [-0.3, -0.25) is 14.6 Å². The number of ketones is 2. The molecule has 3 heteroatoms. The molecule has 3 unspecified atom stereocenters. The molecule has 4 rings (SSSR count). The number of carbonyl (C=O) groups excluding carboxylic acids is 2. The van der Waals surface area contributed by atoms with E-state index in [1.54, 1.807) is 6.07 Å². The van der Waals surface area contributed by atoms with Crippen molar-refractivity contribution in [2.45, 2.75) is 64.3 Å². The molecule has 2 aliphatic carbocycles. The van der Waals surface area contributed by atoms with Gasteiger partial charge in [0.2, 0.25) is 0 Å². The average Bonchev–Trinajstić information content (AvgIpc) is 2.89. The van der Waals surface area contributed by atoms with Crippen molar-refractivity contribution < 1.29 is 9.59 Å². The minimum atomic E-state index is -0.723. The Morgan fingerprint density at radius 3 is 2.38 bits per heavy atom. The van der Waals surface area contributed by atoms with Gasteiger partial charge in [-0.25, -0.2) is 0 Å². The summed E-state index contributed by atoms with van der Waals surface area (Å²) in [5, 5.41) is 0. The second-order valence-corrected chi connectivity index (χ2v) is 8.05. The van der Waals surface area contributed by atoms with Crippen LogP contribution in [0.3, 0.4) is 0 Å². The van der Waals surface area contributed by atoms with Gasteiger partial charge in [0.25, 0.3) is 0 Å². The van der Waals surface area contributed by atoms with E-state index in [1.165, 1.54) is 44.9 Å². The normalized spacial score (nSPS) is 29.1. The summed E-state index contributed by atoms with van der Waals surface area (Å²) >= 11 is 0. The number of fused-ring (bicyclic) bond motifs is 2. The second-order valence-electron chi connectivity index (χ2n) is 8.05. The van der Waals surface area contributed by atoms with Gasteiger partial charge in [-0.1, -0.05) is 62.3 Å². The molecule has 26 heavy (non-hydrogen) atoms. The van der Waals surface area contributed by atoms with Crippen LogP contribution in [0.1, 0.15) is 77.6 Å². The van der Waals surface area contributed by atoms with Crippen LogP contribution in [0.15, 0.2) is 35.3 Å². The minimum absolute atomic E-state index is 0.0737. The lowest BCUT2D eigenvalue weighted by molar-refractivity contribution is 0.0883. The Balaban J connectivity index is 1.60. The third-order valence-electron chi connectivity index (χ3n) is 6.14. The zero-order chi connectivity index (χ0) is 18.1. The summed E-state index contributed by atoms with van der Waals surface area (Å²) in [7, 11) is 0. The Bertz CT molecular complexity index is 789. The highest BCUT2D eigenvalue weighted by Crippen LogP contribution is 2.33. The van der Waals surface area contributed by atoms with Gasteiger partial charge in [-0.15, -0.1) is 0 Å². The molecule has 0 amide bonds. The van der Waals surface area contributed by atoms with Crippen LogP contribution in [0.4, 0.5) is 0 Å². The topological polar surface area (TPSA) is 46.5 Å². The molecule has 1 aromatic carbocycles. The van der Waals surface area contributed by atoms with Crippen LogP contribution < -0.4 is 0 Å². The maximum Gasteiger partial charge on any atom is 0.180 e. The highest BCUT2D eigenvalue weighted by Gasteiger charge is 2.42. The van der Waals surface area contributed by atoms with Crippen LogP contribution in [0.2, 0.25) is 0 Å². The molecule has 3 atom stereocenters. The van der Waals surface area contributed by atoms with Crippen molar-refractivity contribution in [1.82, 2.24) is 0 Å². The fourth-order valence-corrected chi connectivity index (χ4v) is 4.63. The molecule has 0 bridgehead atoms. The maximum absolute atomic E-state index is 12.9. The quantitative estimate of drug-likeness (QED) is 0.661. The zero-order valence-corrected chi connectivity index (χ0v) is 15.5. The third kappa shape index (κ3) is 3.20. The molecule has 1 saturated carbocycles. The first-order chi connectivity index (χ1) is 12.6. The van der Waals surface area contributed by atoms with Crippen LogP contribution >= 0.6 is 0 Å². The smallest absolute Gasteiger partial charge is 0.180 e. The summed E-state index contributed by atoms with van der Waals surface area (Å²) in [5.41, 5.74) is 2.84. The first kappa shape index (κ1) is 17.4. The van der Waals surface area contributed by atoms with Crippen LogP contribution in [0, 0.1) is 18.8 Å². The van der Waals surface area contributed by atoms with Crippen LogP contribution in [-0.4, -0.2) is 23.3 Å². The Labute approximate surface area is 155 Å². The van der Waals surface area contributed by atoms with Crippen LogP contribution in [0.25, 0.3) is 0 Å². The Morgan fingerprint density at radius 2 is 1.58 bits per heavy atom. The standard InChI is InChI=1S/C23H27NO2/c1-15-10-12-17-18(14-15)23(26)21(22(17)25)20-13-11-16-8-6-4-2-3-5-7-9-19(16)24-20/h10-14,16,19,21H,2-9H2,1H3. The van der Waals surface area contributed by atoms with Crippen molar-refractivity contribution in [3.8, 4) is 0 Å². The van der Waals surface area contributed by atoms with E-state index in [0.717, 1.165) is 12.0 Å². The number of dihydropyridines is 1. The fourth-order valence-electron chi connectivity index (χ4n) is 4.63. The first-order valence-corrected chi connectivity index (χ1v) is 10.1. The second kappa shape index (κ2) is 7.30.